The predicted octanol–water partition coefficient (Wildman–Crippen LogP) is 2.53. The van der Waals surface area contributed by atoms with Gasteiger partial charge in [-0.1, -0.05) is 6.07 Å². The van der Waals surface area contributed by atoms with Crippen molar-refractivity contribution in [3.63, 3.8) is 0 Å². The number of aryl methyl sites for hydroxylation is 1. The Morgan fingerprint density at radius 2 is 2.22 bits per heavy atom. The number of rotatable bonds is 3. The summed E-state index contributed by atoms with van der Waals surface area (Å²) in [6, 6.07) is 6.19. The molecule has 3 heterocycles. The van der Waals surface area contributed by atoms with Crippen molar-refractivity contribution in [1.29, 1.82) is 0 Å². The molecular weight excluding hydrogens is 290 g/mol. The van der Waals surface area contributed by atoms with E-state index in [4.69, 9.17) is 4.74 Å². The Balaban J connectivity index is 1.52. The summed E-state index contributed by atoms with van der Waals surface area (Å²) >= 11 is 0. The third kappa shape index (κ3) is 2.77. The quantitative estimate of drug-likeness (QED) is 0.875. The van der Waals surface area contributed by atoms with E-state index in [1.807, 2.05) is 47.1 Å². The van der Waals surface area contributed by atoms with Crippen molar-refractivity contribution < 1.29 is 9.53 Å². The van der Waals surface area contributed by atoms with Gasteiger partial charge in [0.15, 0.2) is 0 Å². The van der Waals surface area contributed by atoms with E-state index in [1.54, 1.807) is 0 Å². The van der Waals surface area contributed by atoms with E-state index in [1.165, 1.54) is 5.56 Å². The van der Waals surface area contributed by atoms with Gasteiger partial charge >= 0.3 is 0 Å². The van der Waals surface area contributed by atoms with Gasteiger partial charge in [-0.05, 0) is 48.6 Å². The standard InChI is InChI=1S/C18H21N3O2/c1-13-8-19-20(9-13)10-17-3-2-6-21(17)18(22)14-4-5-15-11-23-12-16(15)7-14/h4-5,7-9,17H,2-3,6,10-12H2,1H3/t17-/m1/s1. The number of fused-ring (bicyclic) bond motifs is 1. The number of carbonyl (C=O) groups is 1. The van der Waals surface area contributed by atoms with E-state index in [0.29, 0.717) is 13.2 Å². The van der Waals surface area contributed by atoms with Gasteiger partial charge < -0.3 is 9.64 Å². The molecule has 5 heteroatoms. The Hall–Kier alpha value is -2.14. The number of aromatic nitrogens is 2. The lowest BCUT2D eigenvalue weighted by Crippen LogP contribution is -2.38. The van der Waals surface area contributed by atoms with Crippen molar-refractivity contribution in [2.45, 2.75) is 45.6 Å². The highest BCUT2D eigenvalue weighted by Crippen LogP contribution is 2.25. The van der Waals surface area contributed by atoms with E-state index >= 15 is 0 Å². The zero-order valence-corrected chi connectivity index (χ0v) is 13.4. The molecule has 1 amide bonds. The number of nitrogens with zero attached hydrogens (tertiary/aromatic N) is 3. The first kappa shape index (κ1) is 14.5. The average molecular weight is 311 g/mol. The van der Waals surface area contributed by atoms with Gasteiger partial charge in [-0.3, -0.25) is 9.48 Å². The van der Waals surface area contributed by atoms with Gasteiger partial charge in [0.2, 0.25) is 0 Å². The summed E-state index contributed by atoms with van der Waals surface area (Å²) < 4.78 is 7.39. The number of amides is 1. The van der Waals surface area contributed by atoms with Crippen molar-refractivity contribution in [2.24, 2.45) is 0 Å². The van der Waals surface area contributed by atoms with Crippen LogP contribution in [0.5, 0.6) is 0 Å². The normalized spacial score (nSPS) is 20.0. The highest BCUT2D eigenvalue weighted by molar-refractivity contribution is 5.95. The third-order valence-electron chi connectivity index (χ3n) is 4.77. The molecule has 0 bridgehead atoms. The SMILES string of the molecule is Cc1cnn(C[C@H]2CCCN2C(=O)c2ccc3c(c2)COC3)c1. The van der Waals surface area contributed by atoms with Crippen LogP contribution in [-0.4, -0.2) is 33.2 Å². The number of likely N-dealkylation sites (tertiary alicyclic amines) is 1. The average Bonchev–Trinajstić information content (AvgIpc) is 3.27. The first-order chi connectivity index (χ1) is 11.2. The highest BCUT2D eigenvalue weighted by Gasteiger charge is 2.30. The molecule has 1 atom stereocenters. The van der Waals surface area contributed by atoms with Crippen LogP contribution in [0.4, 0.5) is 0 Å². The molecule has 4 rings (SSSR count). The molecule has 2 aliphatic heterocycles. The van der Waals surface area contributed by atoms with Crippen LogP contribution in [0.2, 0.25) is 0 Å². The van der Waals surface area contributed by atoms with Gasteiger partial charge in [0, 0.05) is 18.3 Å². The summed E-state index contributed by atoms with van der Waals surface area (Å²) in [6.45, 7) is 4.92. The second-order valence-corrected chi connectivity index (χ2v) is 6.51. The van der Waals surface area contributed by atoms with Crippen LogP contribution in [0, 0.1) is 6.92 Å². The number of benzene rings is 1. The maximum Gasteiger partial charge on any atom is 0.254 e. The van der Waals surface area contributed by atoms with Crippen molar-refractivity contribution >= 4 is 5.91 Å². The molecule has 1 aromatic heterocycles. The Kier molecular flexibility index (Phi) is 3.65. The molecule has 0 unspecified atom stereocenters. The molecule has 5 nitrogen and oxygen atoms in total. The van der Waals surface area contributed by atoms with Gasteiger partial charge in [0.25, 0.3) is 5.91 Å². The molecule has 2 aromatic rings. The lowest BCUT2D eigenvalue weighted by atomic mass is 10.1. The minimum Gasteiger partial charge on any atom is -0.372 e. The highest BCUT2D eigenvalue weighted by atomic mass is 16.5. The molecule has 1 saturated heterocycles. The molecule has 0 N–H and O–H groups in total. The van der Waals surface area contributed by atoms with Gasteiger partial charge in [0.05, 0.1) is 32.0 Å². The first-order valence-electron chi connectivity index (χ1n) is 8.20. The molecular formula is C18H21N3O2. The molecule has 0 radical (unpaired) electrons. The third-order valence-corrected chi connectivity index (χ3v) is 4.77. The smallest absolute Gasteiger partial charge is 0.254 e. The van der Waals surface area contributed by atoms with Gasteiger partial charge in [-0.15, -0.1) is 0 Å². The Morgan fingerprint density at radius 1 is 1.35 bits per heavy atom. The summed E-state index contributed by atoms with van der Waals surface area (Å²) in [5, 5.41) is 4.36. The number of hydrogen-bond donors (Lipinski definition) is 0. The molecule has 23 heavy (non-hydrogen) atoms. The summed E-state index contributed by atoms with van der Waals surface area (Å²) in [4.78, 5) is 14.9. The van der Waals surface area contributed by atoms with Gasteiger partial charge in [-0.2, -0.15) is 5.10 Å². The number of ether oxygens (including phenoxy) is 1. The van der Waals surface area contributed by atoms with Crippen LogP contribution in [0.1, 0.15) is 39.9 Å². The number of carbonyl (C=O) groups excluding carboxylic acids is 1. The monoisotopic (exact) mass is 311 g/mol. The predicted molar refractivity (Wildman–Crippen MR) is 86.0 cm³/mol. The molecule has 0 spiro atoms. The van der Waals surface area contributed by atoms with E-state index in [0.717, 1.165) is 42.6 Å². The van der Waals surface area contributed by atoms with Crippen molar-refractivity contribution in [1.82, 2.24) is 14.7 Å². The zero-order chi connectivity index (χ0) is 15.8. The lowest BCUT2D eigenvalue weighted by Gasteiger charge is -2.25. The van der Waals surface area contributed by atoms with Crippen molar-refractivity contribution in [3.8, 4) is 0 Å². The van der Waals surface area contributed by atoms with Crippen LogP contribution in [0.15, 0.2) is 30.6 Å². The number of hydrogen-bond acceptors (Lipinski definition) is 3. The maximum absolute atomic E-state index is 12.9. The van der Waals surface area contributed by atoms with Gasteiger partial charge in [-0.25, -0.2) is 0 Å². The molecule has 0 saturated carbocycles. The van der Waals surface area contributed by atoms with Crippen LogP contribution >= 0.6 is 0 Å². The molecule has 1 fully saturated rings. The van der Waals surface area contributed by atoms with E-state index < -0.39 is 0 Å². The topological polar surface area (TPSA) is 47.4 Å². The van der Waals surface area contributed by atoms with Crippen molar-refractivity contribution in [2.75, 3.05) is 6.54 Å². The van der Waals surface area contributed by atoms with E-state index in [9.17, 15) is 4.79 Å². The molecule has 2 aliphatic rings. The second kappa shape index (κ2) is 5.81. The fraction of sp³-hybridized carbons (Fsp3) is 0.444. The summed E-state index contributed by atoms with van der Waals surface area (Å²) in [6.07, 6.45) is 6.00. The van der Waals surface area contributed by atoms with E-state index in [-0.39, 0.29) is 11.9 Å². The Morgan fingerprint density at radius 3 is 3.04 bits per heavy atom. The molecule has 0 aliphatic carbocycles. The fourth-order valence-electron chi connectivity index (χ4n) is 3.55. The van der Waals surface area contributed by atoms with Crippen molar-refractivity contribution in [3.05, 3.63) is 52.8 Å². The van der Waals surface area contributed by atoms with Crippen LogP contribution in [0.25, 0.3) is 0 Å². The summed E-state index contributed by atoms with van der Waals surface area (Å²) in [7, 11) is 0. The minimum absolute atomic E-state index is 0.131. The summed E-state index contributed by atoms with van der Waals surface area (Å²) in [5.74, 6) is 0.131. The molecule has 120 valence electrons. The minimum atomic E-state index is 0.131. The second-order valence-electron chi connectivity index (χ2n) is 6.51. The fourth-order valence-corrected chi connectivity index (χ4v) is 3.55. The Bertz CT molecular complexity index is 738. The van der Waals surface area contributed by atoms with Crippen LogP contribution in [0.3, 0.4) is 0 Å². The maximum atomic E-state index is 12.9. The zero-order valence-electron chi connectivity index (χ0n) is 13.4. The summed E-state index contributed by atoms with van der Waals surface area (Å²) in [5.41, 5.74) is 4.28. The van der Waals surface area contributed by atoms with Gasteiger partial charge in [0.1, 0.15) is 0 Å². The Labute approximate surface area is 135 Å². The van der Waals surface area contributed by atoms with Crippen LogP contribution < -0.4 is 0 Å². The van der Waals surface area contributed by atoms with E-state index in [2.05, 4.69) is 5.10 Å². The molecule has 1 aromatic carbocycles. The lowest BCUT2D eigenvalue weighted by molar-refractivity contribution is 0.0721. The first-order valence-corrected chi connectivity index (χ1v) is 8.20. The largest absolute Gasteiger partial charge is 0.372 e. The van der Waals surface area contributed by atoms with Crippen LogP contribution in [-0.2, 0) is 24.5 Å².